The van der Waals surface area contributed by atoms with E-state index in [0.29, 0.717) is 19.5 Å². The third-order valence-electron chi connectivity index (χ3n) is 4.44. The van der Waals surface area contributed by atoms with Crippen LogP contribution in [0.2, 0.25) is 13.1 Å². The SMILES string of the molecule is COC(=C(CC(C)(C)C(O[Si]C)O[Si]C)C(C)(C)C)c1cccc(OC)c1. The number of hydrogen-bond donors (Lipinski definition) is 0. The van der Waals surface area contributed by atoms with Crippen LogP contribution in [-0.4, -0.2) is 40.0 Å². The van der Waals surface area contributed by atoms with Gasteiger partial charge in [0.1, 0.15) is 17.8 Å². The summed E-state index contributed by atoms with van der Waals surface area (Å²) in [7, 11) is 4.19. The maximum atomic E-state index is 5.95. The molecule has 6 heteroatoms. The van der Waals surface area contributed by atoms with Crippen LogP contribution in [0, 0.1) is 10.8 Å². The van der Waals surface area contributed by atoms with Gasteiger partial charge in [0.05, 0.1) is 14.2 Å². The van der Waals surface area contributed by atoms with Gasteiger partial charge in [-0.2, -0.15) is 0 Å². The minimum atomic E-state index is -0.245. The van der Waals surface area contributed by atoms with Crippen LogP contribution in [0.5, 0.6) is 5.75 Å². The molecule has 0 saturated heterocycles. The number of rotatable bonds is 10. The van der Waals surface area contributed by atoms with Gasteiger partial charge in [0, 0.05) is 11.0 Å². The molecule has 0 bridgehead atoms. The molecule has 0 saturated carbocycles. The van der Waals surface area contributed by atoms with Crippen molar-refractivity contribution in [2.24, 2.45) is 10.8 Å². The average molecular weight is 407 g/mol. The van der Waals surface area contributed by atoms with Crippen molar-refractivity contribution in [3.8, 4) is 5.75 Å². The fraction of sp³-hybridized carbons (Fsp3) is 0.619. The van der Waals surface area contributed by atoms with E-state index in [0.717, 1.165) is 23.5 Å². The van der Waals surface area contributed by atoms with Gasteiger partial charge in [-0.15, -0.1) is 0 Å². The second-order valence-electron chi connectivity index (χ2n) is 8.13. The van der Waals surface area contributed by atoms with Crippen LogP contribution in [0.1, 0.15) is 46.6 Å². The fourth-order valence-electron chi connectivity index (χ4n) is 2.96. The van der Waals surface area contributed by atoms with Crippen LogP contribution in [0.3, 0.4) is 0 Å². The summed E-state index contributed by atoms with van der Waals surface area (Å²) in [5.41, 5.74) is 1.99. The molecule has 4 radical (unpaired) electrons. The zero-order valence-electron chi connectivity index (χ0n) is 18.2. The maximum Gasteiger partial charge on any atom is 0.229 e. The zero-order chi connectivity index (χ0) is 20.7. The largest absolute Gasteiger partial charge is 0.497 e. The van der Waals surface area contributed by atoms with Crippen LogP contribution in [-0.2, 0) is 13.6 Å². The highest BCUT2D eigenvalue weighted by Crippen LogP contribution is 2.43. The molecule has 0 spiro atoms. The summed E-state index contributed by atoms with van der Waals surface area (Å²) in [6.45, 7) is 15.1. The molecule has 0 aromatic heterocycles. The summed E-state index contributed by atoms with van der Waals surface area (Å²) in [5.74, 6) is 1.71. The molecule has 1 aromatic rings. The van der Waals surface area contributed by atoms with Crippen molar-refractivity contribution in [2.45, 2.75) is 60.4 Å². The van der Waals surface area contributed by atoms with E-state index in [2.05, 4.69) is 40.7 Å². The van der Waals surface area contributed by atoms with Crippen molar-refractivity contribution in [1.82, 2.24) is 0 Å². The Labute approximate surface area is 170 Å². The molecule has 0 heterocycles. The van der Waals surface area contributed by atoms with Gasteiger partial charge in [-0.3, -0.25) is 0 Å². The first-order valence-corrected chi connectivity index (χ1v) is 12.0. The summed E-state index contributed by atoms with van der Waals surface area (Å²) in [4.78, 5) is 0. The van der Waals surface area contributed by atoms with Gasteiger partial charge in [-0.1, -0.05) is 46.8 Å². The predicted molar refractivity (Wildman–Crippen MR) is 114 cm³/mol. The number of methoxy groups -OCH3 is 2. The molecule has 0 atom stereocenters. The van der Waals surface area contributed by atoms with Crippen LogP contribution in [0.15, 0.2) is 29.8 Å². The molecule has 4 nitrogen and oxygen atoms in total. The molecule has 0 fully saturated rings. The van der Waals surface area contributed by atoms with Crippen molar-refractivity contribution in [1.29, 1.82) is 0 Å². The minimum Gasteiger partial charge on any atom is -0.497 e. The fourth-order valence-corrected chi connectivity index (χ4v) is 4.22. The smallest absolute Gasteiger partial charge is 0.229 e. The van der Waals surface area contributed by atoms with Crippen molar-refractivity contribution >= 4 is 25.3 Å². The predicted octanol–water partition coefficient (Wildman–Crippen LogP) is 5.21. The quantitative estimate of drug-likeness (QED) is 0.304. The minimum absolute atomic E-state index is 0.0702. The Bertz CT molecular complexity index is 615. The van der Waals surface area contributed by atoms with Gasteiger partial charge in [0.2, 0.25) is 19.5 Å². The first-order valence-electron chi connectivity index (χ1n) is 9.17. The van der Waals surface area contributed by atoms with Crippen molar-refractivity contribution < 1.29 is 18.3 Å². The molecule has 1 rings (SSSR count). The molecule has 1 aromatic carbocycles. The first-order chi connectivity index (χ1) is 12.6. The molecule has 0 unspecified atom stereocenters. The van der Waals surface area contributed by atoms with Crippen molar-refractivity contribution in [3.05, 3.63) is 35.4 Å². The molecular formula is C21H34O4Si2. The van der Waals surface area contributed by atoms with E-state index in [9.17, 15) is 0 Å². The highest BCUT2D eigenvalue weighted by Gasteiger charge is 2.36. The topological polar surface area (TPSA) is 36.9 Å². The second kappa shape index (κ2) is 10.5. The third kappa shape index (κ3) is 6.78. The molecule has 0 amide bonds. The molecule has 0 aliphatic rings. The number of benzene rings is 1. The van der Waals surface area contributed by atoms with E-state index in [-0.39, 0.29) is 17.1 Å². The highest BCUT2D eigenvalue weighted by molar-refractivity contribution is 6.26. The van der Waals surface area contributed by atoms with E-state index in [1.807, 2.05) is 31.3 Å². The van der Waals surface area contributed by atoms with Gasteiger partial charge >= 0.3 is 0 Å². The Morgan fingerprint density at radius 3 is 2.04 bits per heavy atom. The van der Waals surface area contributed by atoms with E-state index in [4.69, 9.17) is 18.3 Å². The summed E-state index contributed by atoms with van der Waals surface area (Å²) >= 11 is 0. The molecule has 0 aliphatic carbocycles. The highest BCUT2D eigenvalue weighted by atomic mass is 28.2. The lowest BCUT2D eigenvalue weighted by Gasteiger charge is -2.38. The van der Waals surface area contributed by atoms with Crippen LogP contribution < -0.4 is 4.74 Å². The number of ether oxygens (including phenoxy) is 2. The van der Waals surface area contributed by atoms with Crippen LogP contribution >= 0.6 is 0 Å². The lowest BCUT2D eigenvalue weighted by Crippen LogP contribution is -2.37. The van der Waals surface area contributed by atoms with Gasteiger partial charge in [-0.25, -0.2) is 0 Å². The Morgan fingerprint density at radius 1 is 1.00 bits per heavy atom. The Morgan fingerprint density at radius 2 is 1.59 bits per heavy atom. The normalized spacial score (nSPS) is 13.6. The Kier molecular flexibility index (Phi) is 9.28. The molecule has 27 heavy (non-hydrogen) atoms. The lowest BCUT2D eigenvalue weighted by molar-refractivity contribution is -0.0795. The van der Waals surface area contributed by atoms with Gasteiger partial charge in [-0.05, 0) is 42.6 Å². The van der Waals surface area contributed by atoms with Gasteiger partial charge in [0.25, 0.3) is 0 Å². The lowest BCUT2D eigenvalue weighted by atomic mass is 9.74. The Hall–Kier alpha value is -1.09. The molecule has 150 valence electrons. The van der Waals surface area contributed by atoms with Crippen LogP contribution in [0.25, 0.3) is 5.76 Å². The Balaban J connectivity index is 3.43. The summed E-state index contributed by atoms with van der Waals surface area (Å²) < 4.78 is 23.2. The van der Waals surface area contributed by atoms with E-state index < -0.39 is 0 Å². The number of allylic oxidation sites excluding steroid dienone is 1. The second-order valence-corrected chi connectivity index (χ2v) is 9.42. The molecular weight excluding hydrogens is 372 g/mol. The van der Waals surface area contributed by atoms with Gasteiger partial charge < -0.3 is 18.3 Å². The van der Waals surface area contributed by atoms with Crippen molar-refractivity contribution in [3.63, 3.8) is 0 Å². The zero-order valence-corrected chi connectivity index (χ0v) is 20.2. The number of hydrogen-bond acceptors (Lipinski definition) is 4. The van der Waals surface area contributed by atoms with Crippen LogP contribution in [0.4, 0.5) is 0 Å². The van der Waals surface area contributed by atoms with Gasteiger partial charge in [0.15, 0.2) is 0 Å². The van der Waals surface area contributed by atoms with E-state index in [1.54, 1.807) is 14.2 Å². The average Bonchev–Trinajstić information content (AvgIpc) is 2.60. The van der Waals surface area contributed by atoms with E-state index in [1.165, 1.54) is 5.57 Å². The molecule has 0 N–H and O–H groups in total. The summed E-state index contributed by atoms with van der Waals surface area (Å²) in [6, 6.07) is 8.01. The first kappa shape index (κ1) is 24.0. The summed E-state index contributed by atoms with van der Waals surface area (Å²) in [6.07, 6.45) is 0.557. The maximum absolute atomic E-state index is 5.95. The standard InChI is InChI=1S/C21H34O4Si2/c1-20(2,3)17(14-21(4,5)19(24-26-8)25-27-9)18(23-7)15-11-10-12-16(13-15)22-6/h10-13,19H,14H2,1-9H3. The monoisotopic (exact) mass is 406 g/mol. The van der Waals surface area contributed by atoms with E-state index >= 15 is 0 Å². The summed E-state index contributed by atoms with van der Waals surface area (Å²) in [5, 5.41) is 0. The third-order valence-corrected chi connectivity index (χ3v) is 5.34. The van der Waals surface area contributed by atoms with Crippen molar-refractivity contribution in [2.75, 3.05) is 14.2 Å². The molecule has 0 aliphatic heterocycles.